The third-order valence-electron chi connectivity index (χ3n) is 1.93. The molecule has 0 aliphatic carbocycles. The number of hydrogen-bond donors (Lipinski definition) is 4. The van der Waals surface area contributed by atoms with Crippen molar-refractivity contribution < 1.29 is 9.90 Å². The van der Waals surface area contributed by atoms with Gasteiger partial charge in [-0.25, -0.2) is 0 Å². The second kappa shape index (κ2) is 5.77. The summed E-state index contributed by atoms with van der Waals surface area (Å²) in [5, 5.41) is 11.8. The molecule has 0 radical (unpaired) electrons. The predicted octanol–water partition coefficient (Wildman–Crippen LogP) is 0.0625. The van der Waals surface area contributed by atoms with E-state index in [0.29, 0.717) is 24.3 Å². The average molecular weight is 221 g/mol. The zero-order valence-electron chi connectivity index (χ0n) is 8.81. The van der Waals surface area contributed by atoms with Crippen LogP contribution in [0.2, 0.25) is 0 Å². The minimum Gasteiger partial charge on any atom is -0.508 e. The van der Waals surface area contributed by atoms with Crippen LogP contribution in [0, 0.1) is 0 Å². The summed E-state index contributed by atoms with van der Waals surface area (Å²) in [7, 11) is 0. The molecule has 0 spiro atoms. The van der Waals surface area contributed by atoms with Gasteiger partial charge in [-0.3, -0.25) is 4.79 Å². The Balaban J connectivity index is 2.68. The summed E-state index contributed by atoms with van der Waals surface area (Å²) >= 11 is 0. The fourth-order valence-corrected chi connectivity index (χ4v) is 1.13. The lowest BCUT2D eigenvalue weighted by Gasteiger charge is -2.01. The van der Waals surface area contributed by atoms with E-state index >= 15 is 0 Å². The van der Waals surface area contributed by atoms with Crippen molar-refractivity contribution in [2.75, 3.05) is 18.8 Å². The number of hydrogen-bond acceptors (Lipinski definition) is 4. The lowest BCUT2D eigenvalue weighted by molar-refractivity contribution is -0.116. The molecule has 86 valence electrons. The number of carbonyl (C=O) groups is 1. The highest BCUT2D eigenvalue weighted by atomic mass is 16.3. The van der Waals surface area contributed by atoms with Gasteiger partial charge in [0.1, 0.15) is 5.75 Å². The predicted molar refractivity (Wildman–Crippen MR) is 63.6 cm³/mol. The molecule has 0 saturated heterocycles. The minimum atomic E-state index is -0.242. The van der Waals surface area contributed by atoms with Gasteiger partial charge in [0.05, 0.1) is 0 Å². The second-order valence-corrected chi connectivity index (χ2v) is 3.23. The number of nitrogens with one attached hydrogen (secondary N) is 1. The highest BCUT2D eigenvalue weighted by Crippen LogP contribution is 2.19. The summed E-state index contributed by atoms with van der Waals surface area (Å²) in [5.74, 6) is -0.135. The van der Waals surface area contributed by atoms with E-state index in [9.17, 15) is 9.90 Å². The molecule has 1 rings (SSSR count). The van der Waals surface area contributed by atoms with Crippen molar-refractivity contribution in [3.8, 4) is 5.75 Å². The van der Waals surface area contributed by atoms with Gasteiger partial charge in [-0.15, -0.1) is 0 Å². The average Bonchev–Trinajstić information content (AvgIpc) is 2.27. The fourth-order valence-electron chi connectivity index (χ4n) is 1.13. The third kappa shape index (κ3) is 3.62. The molecule has 0 saturated carbocycles. The van der Waals surface area contributed by atoms with Crippen molar-refractivity contribution in [3.05, 3.63) is 29.8 Å². The molecule has 0 fully saturated rings. The SMILES string of the molecule is NCCNC(=O)/C=C/c1cc(O)ccc1N. The maximum absolute atomic E-state index is 11.2. The molecule has 0 aliphatic heterocycles. The Morgan fingerprint density at radius 1 is 1.50 bits per heavy atom. The van der Waals surface area contributed by atoms with Crippen LogP contribution in [0.5, 0.6) is 5.75 Å². The molecular weight excluding hydrogens is 206 g/mol. The van der Waals surface area contributed by atoms with Crippen molar-refractivity contribution in [1.29, 1.82) is 0 Å². The number of rotatable bonds is 4. The summed E-state index contributed by atoms with van der Waals surface area (Å²) in [5.41, 5.74) is 12.0. The Morgan fingerprint density at radius 3 is 2.94 bits per heavy atom. The van der Waals surface area contributed by atoms with Crippen molar-refractivity contribution in [1.82, 2.24) is 5.32 Å². The third-order valence-corrected chi connectivity index (χ3v) is 1.93. The molecule has 16 heavy (non-hydrogen) atoms. The van der Waals surface area contributed by atoms with Gasteiger partial charge >= 0.3 is 0 Å². The Morgan fingerprint density at radius 2 is 2.25 bits per heavy atom. The van der Waals surface area contributed by atoms with Crippen LogP contribution in [-0.2, 0) is 4.79 Å². The fraction of sp³-hybridized carbons (Fsp3) is 0.182. The van der Waals surface area contributed by atoms with Gasteiger partial charge in [0.2, 0.25) is 5.91 Å². The van der Waals surface area contributed by atoms with Crippen LogP contribution in [0.25, 0.3) is 6.08 Å². The zero-order valence-corrected chi connectivity index (χ0v) is 8.81. The van der Waals surface area contributed by atoms with Crippen molar-refractivity contribution in [2.45, 2.75) is 0 Å². The zero-order chi connectivity index (χ0) is 12.0. The molecule has 5 nitrogen and oxygen atoms in total. The molecule has 1 aromatic rings. The summed E-state index contributed by atoms with van der Waals surface area (Å²) in [6.45, 7) is 0.826. The molecule has 0 aliphatic rings. The van der Waals surface area contributed by atoms with Gasteiger partial charge in [-0.1, -0.05) is 0 Å². The van der Waals surface area contributed by atoms with Gasteiger partial charge in [0, 0.05) is 30.4 Å². The maximum Gasteiger partial charge on any atom is 0.244 e. The van der Waals surface area contributed by atoms with Gasteiger partial charge in [0.15, 0.2) is 0 Å². The smallest absolute Gasteiger partial charge is 0.244 e. The van der Waals surface area contributed by atoms with Crippen LogP contribution in [-0.4, -0.2) is 24.1 Å². The molecule has 0 heterocycles. The molecular formula is C11H15N3O2. The minimum absolute atomic E-state index is 0.108. The monoisotopic (exact) mass is 221 g/mol. The molecule has 0 bridgehead atoms. The molecule has 0 atom stereocenters. The van der Waals surface area contributed by atoms with Crippen LogP contribution in [0.4, 0.5) is 5.69 Å². The van der Waals surface area contributed by atoms with Gasteiger partial charge < -0.3 is 21.9 Å². The summed E-state index contributed by atoms with van der Waals surface area (Å²) in [4.78, 5) is 11.2. The summed E-state index contributed by atoms with van der Waals surface area (Å²) < 4.78 is 0. The Kier molecular flexibility index (Phi) is 4.35. The molecule has 5 heteroatoms. The van der Waals surface area contributed by atoms with E-state index in [-0.39, 0.29) is 11.7 Å². The Bertz CT molecular complexity index is 402. The Labute approximate surface area is 93.8 Å². The molecule has 6 N–H and O–H groups in total. The number of carbonyl (C=O) groups excluding carboxylic acids is 1. The maximum atomic E-state index is 11.2. The number of nitrogen functional groups attached to an aromatic ring is 1. The quantitative estimate of drug-likeness (QED) is 0.328. The molecule has 0 aromatic heterocycles. The van der Waals surface area contributed by atoms with Gasteiger partial charge in [-0.05, 0) is 24.3 Å². The number of phenolic OH excluding ortho intramolecular Hbond substituents is 1. The second-order valence-electron chi connectivity index (χ2n) is 3.23. The lowest BCUT2D eigenvalue weighted by atomic mass is 10.1. The Hall–Kier alpha value is -2.01. The van der Waals surface area contributed by atoms with E-state index < -0.39 is 0 Å². The topological polar surface area (TPSA) is 101 Å². The lowest BCUT2D eigenvalue weighted by Crippen LogP contribution is -2.27. The first-order valence-electron chi connectivity index (χ1n) is 4.88. The van der Waals surface area contributed by atoms with Crippen LogP contribution in [0.1, 0.15) is 5.56 Å². The molecule has 0 unspecified atom stereocenters. The largest absolute Gasteiger partial charge is 0.508 e. The van der Waals surface area contributed by atoms with Crippen LogP contribution < -0.4 is 16.8 Å². The number of phenols is 1. The molecule has 1 aromatic carbocycles. The van der Waals surface area contributed by atoms with Crippen molar-refractivity contribution in [3.63, 3.8) is 0 Å². The van der Waals surface area contributed by atoms with Crippen molar-refractivity contribution >= 4 is 17.7 Å². The van der Waals surface area contributed by atoms with Crippen molar-refractivity contribution in [2.24, 2.45) is 5.73 Å². The summed E-state index contributed by atoms with van der Waals surface area (Å²) in [6, 6.07) is 4.55. The number of benzene rings is 1. The standard InChI is InChI=1S/C11H15N3O2/c12-5-6-14-11(16)4-1-8-7-9(15)2-3-10(8)13/h1-4,7,15H,5-6,12-13H2,(H,14,16)/b4-1+. The van der Waals surface area contributed by atoms with Crippen LogP contribution in [0.15, 0.2) is 24.3 Å². The van der Waals surface area contributed by atoms with E-state index in [1.54, 1.807) is 12.1 Å². The highest BCUT2D eigenvalue weighted by molar-refractivity contribution is 5.92. The van der Waals surface area contributed by atoms with Gasteiger partial charge in [-0.2, -0.15) is 0 Å². The van der Waals surface area contributed by atoms with Crippen LogP contribution >= 0.6 is 0 Å². The number of amides is 1. The first-order chi connectivity index (χ1) is 7.63. The molecule has 1 amide bonds. The van der Waals surface area contributed by atoms with E-state index in [2.05, 4.69) is 5.32 Å². The normalized spacial score (nSPS) is 10.6. The first-order valence-corrected chi connectivity index (χ1v) is 4.88. The van der Waals surface area contributed by atoms with E-state index in [1.807, 2.05) is 0 Å². The van der Waals surface area contributed by atoms with E-state index in [0.717, 1.165) is 0 Å². The highest BCUT2D eigenvalue weighted by Gasteiger charge is 1.98. The van der Waals surface area contributed by atoms with Crippen LogP contribution in [0.3, 0.4) is 0 Å². The van der Waals surface area contributed by atoms with E-state index in [1.165, 1.54) is 18.2 Å². The number of nitrogens with two attached hydrogens (primary N) is 2. The van der Waals surface area contributed by atoms with E-state index in [4.69, 9.17) is 11.5 Å². The number of anilines is 1. The number of aromatic hydroxyl groups is 1. The summed E-state index contributed by atoms with van der Waals surface area (Å²) in [6.07, 6.45) is 2.89. The first kappa shape index (κ1) is 12.1. The van der Waals surface area contributed by atoms with Gasteiger partial charge in [0.25, 0.3) is 0 Å².